The van der Waals surface area contributed by atoms with Crippen molar-refractivity contribution in [1.82, 2.24) is 0 Å². The fourth-order valence-corrected chi connectivity index (χ4v) is 2.64. The van der Waals surface area contributed by atoms with Crippen LogP contribution in [0.3, 0.4) is 0 Å². The van der Waals surface area contributed by atoms with E-state index in [0.29, 0.717) is 5.75 Å². The van der Waals surface area contributed by atoms with E-state index in [1.807, 2.05) is 6.92 Å². The van der Waals surface area contributed by atoms with Crippen LogP contribution >= 0.6 is 11.8 Å². The first kappa shape index (κ1) is 12.3. The second kappa shape index (κ2) is 6.78. The summed E-state index contributed by atoms with van der Waals surface area (Å²) in [4.78, 5) is 0. The Hall–Kier alpha value is 0.300. The SMILES string of the molecule is C1CCSC1.CCCS(C)(=O)=O. The summed E-state index contributed by atoms with van der Waals surface area (Å²) in [6.45, 7) is 1.85. The van der Waals surface area contributed by atoms with Crippen molar-refractivity contribution in [2.45, 2.75) is 26.2 Å². The molecule has 1 heterocycles. The van der Waals surface area contributed by atoms with E-state index in [2.05, 4.69) is 11.8 Å². The minimum atomic E-state index is -2.67. The number of hydrogen-bond acceptors (Lipinski definition) is 3. The van der Waals surface area contributed by atoms with Gasteiger partial charge in [-0.25, -0.2) is 8.42 Å². The van der Waals surface area contributed by atoms with Gasteiger partial charge in [-0.2, -0.15) is 11.8 Å². The second-order valence-electron chi connectivity index (χ2n) is 2.95. The van der Waals surface area contributed by atoms with Crippen LogP contribution in [0.1, 0.15) is 26.2 Å². The van der Waals surface area contributed by atoms with Crippen molar-refractivity contribution in [2.24, 2.45) is 0 Å². The van der Waals surface area contributed by atoms with Crippen molar-refractivity contribution in [2.75, 3.05) is 23.5 Å². The fraction of sp³-hybridized carbons (Fsp3) is 1.00. The van der Waals surface area contributed by atoms with Crippen LogP contribution in [0, 0.1) is 0 Å². The van der Waals surface area contributed by atoms with Crippen molar-refractivity contribution >= 4 is 21.6 Å². The molecule has 1 saturated heterocycles. The lowest BCUT2D eigenvalue weighted by Gasteiger charge is -1.87. The standard InChI is InChI=1S/C4H10O2S.C4H8S/c1-3-4-7(2,5)6;1-2-4-5-3-1/h3-4H2,1-2H3;1-4H2. The van der Waals surface area contributed by atoms with Crippen molar-refractivity contribution in [3.63, 3.8) is 0 Å². The van der Waals surface area contributed by atoms with E-state index in [9.17, 15) is 8.42 Å². The fourth-order valence-electron chi connectivity index (χ4n) is 0.881. The average Bonchev–Trinajstić information content (AvgIpc) is 2.38. The lowest BCUT2D eigenvalue weighted by molar-refractivity contribution is 0.600. The molecule has 0 unspecified atom stereocenters. The van der Waals surface area contributed by atoms with Crippen molar-refractivity contribution < 1.29 is 8.42 Å². The summed E-state index contributed by atoms with van der Waals surface area (Å²) in [7, 11) is -2.67. The van der Waals surface area contributed by atoms with Crippen molar-refractivity contribution in [3.05, 3.63) is 0 Å². The predicted octanol–water partition coefficient (Wildman–Crippen LogP) is 1.95. The Labute approximate surface area is 80.0 Å². The molecule has 0 bridgehead atoms. The quantitative estimate of drug-likeness (QED) is 0.698. The van der Waals surface area contributed by atoms with Crippen molar-refractivity contribution in [1.29, 1.82) is 0 Å². The maximum Gasteiger partial charge on any atom is 0.147 e. The summed E-state index contributed by atoms with van der Waals surface area (Å²) in [5.41, 5.74) is 0. The van der Waals surface area contributed by atoms with E-state index in [1.165, 1.54) is 30.6 Å². The first-order valence-corrected chi connectivity index (χ1v) is 7.53. The van der Waals surface area contributed by atoms with Crippen molar-refractivity contribution in [3.8, 4) is 0 Å². The normalized spacial score (nSPS) is 16.8. The molecule has 0 radical (unpaired) electrons. The predicted molar refractivity (Wildman–Crippen MR) is 56.6 cm³/mol. The molecule has 0 aromatic carbocycles. The van der Waals surface area contributed by atoms with E-state index in [1.54, 1.807) is 0 Å². The molecule has 0 atom stereocenters. The molecule has 0 aromatic rings. The van der Waals surface area contributed by atoms with Gasteiger partial charge in [-0.05, 0) is 30.8 Å². The maximum atomic E-state index is 10.2. The molecule has 12 heavy (non-hydrogen) atoms. The topological polar surface area (TPSA) is 34.1 Å². The average molecular weight is 210 g/mol. The van der Waals surface area contributed by atoms with E-state index in [-0.39, 0.29) is 0 Å². The van der Waals surface area contributed by atoms with Gasteiger partial charge in [0.1, 0.15) is 9.84 Å². The number of sulfone groups is 1. The Kier molecular flexibility index (Phi) is 6.95. The summed E-state index contributed by atoms with van der Waals surface area (Å²) in [5, 5.41) is 0. The van der Waals surface area contributed by atoms with Gasteiger partial charge in [0.2, 0.25) is 0 Å². The third-order valence-electron chi connectivity index (χ3n) is 1.40. The van der Waals surface area contributed by atoms with Crippen LogP contribution < -0.4 is 0 Å². The molecule has 1 fully saturated rings. The third-order valence-corrected chi connectivity index (χ3v) is 3.71. The Morgan fingerprint density at radius 1 is 1.25 bits per heavy atom. The lowest BCUT2D eigenvalue weighted by atomic mass is 10.4. The van der Waals surface area contributed by atoms with E-state index in [0.717, 1.165) is 6.42 Å². The molecule has 0 N–H and O–H groups in total. The highest BCUT2D eigenvalue weighted by Gasteiger charge is 1.96. The zero-order valence-corrected chi connectivity index (χ0v) is 9.51. The lowest BCUT2D eigenvalue weighted by Crippen LogP contribution is -2.00. The van der Waals surface area contributed by atoms with Gasteiger partial charge in [0, 0.05) is 12.0 Å². The van der Waals surface area contributed by atoms with Crippen LogP contribution in [-0.2, 0) is 9.84 Å². The second-order valence-corrected chi connectivity index (χ2v) is 6.43. The molecule has 1 rings (SSSR count). The molecule has 74 valence electrons. The van der Waals surface area contributed by atoms with Gasteiger partial charge in [0.25, 0.3) is 0 Å². The zero-order valence-electron chi connectivity index (χ0n) is 7.88. The Bertz CT molecular complexity index is 174. The summed E-state index contributed by atoms with van der Waals surface area (Å²) in [6, 6.07) is 0. The largest absolute Gasteiger partial charge is 0.229 e. The van der Waals surface area contributed by atoms with Gasteiger partial charge in [-0.3, -0.25) is 0 Å². The molecular formula is C8H18O2S2. The molecule has 1 aliphatic heterocycles. The highest BCUT2D eigenvalue weighted by Crippen LogP contribution is 2.14. The van der Waals surface area contributed by atoms with Gasteiger partial charge in [-0.1, -0.05) is 6.92 Å². The molecular weight excluding hydrogens is 192 g/mol. The third kappa shape index (κ3) is 10.3. The Morgan fingerprint density at radius 3 is 1.83 bits per heavy atom. The highest BCUT2D eigenvalue weighted by atomic mass is 32.2. The van der Waals surface area contributed by atoms with Gasteiger partial charge >= 0.3 is 0 Å². The zero-order chi connectivity index (χ0) is 9.45. The molecule has 0 aromatic heterocycles. The van der Waals surface area contributed by atoms with Crippen LogP contribution in [0.2, 0.25) is 0 Å². The van der Waals surface area contributed by atoms with Crippen LogP contribution in [0.4, 0.5) is 0 Å². The minimum absolute atomic E-state index is 0.312. The Morgan fingerprint density at radius 2 is 1.75 bits per heavy atom. The highest BCUT2D eigenvalue weighted by molar-refractivity contribution is 7.99. The molecule has 0 aliphatic carbocycles. The first-order valence-electron chi connectivity index (χ1n) is 4.31. The monoisotopic (exact) mass is 210 g/mol. The summed E-state index contributed by atoms with van der Waals surface area (Å²) >= 11 is 2.07. The number of thioether (sulfide) groups is 1. The van der Waals surface area contributed by atoms with Crippen LogP contribution in [0.5, 0.6) is 0 Å². The summed E-state index contributed by atoms with van der Waals surface area (Å²) in [6.07, 6.45) is 4.89. The minimum Gasteiger partial charge on any atom is -0.229 e. The van der Waals surface area contributed by atoms with Crippen LogP contribution in [0.25, 0.3) is 0 Å². The van der Waals surface area contributed by atoms with E-state index >= 15 is 0 Å². The van der Waals surface area contributed by atoms with E-state index < -0.39 is 9.84 Å². The molecule has 2 nitrogen and oxygen atoms in total. The van der Waals surface area contributed by atoms with Gasteiger partial charge in [-0.15, -0.1) is 0 Å². The number of hydrogen-bond donors (Lipinski definition) is 0. The van der Waals surface area contributed by atoms with Crippen LogP contribution in [-0.4, -0.2) is 31.9 Å². The Balaban J connectivity index is 0.000000211. The maximum absolute atomic E-state index is 10.2. The van der Waals surface area contributed by atoms with Crippen LogP contribution in [0.15, 0.2) is 0 Å². The van der Waals surface area contributed by atoms with Gasteiger partial charge in [0.05, 0.1) is 0 Å². The molecule has 0 amide bonds. The molecule has 1 aliphatic rings. The summed E-state index contributed by atoms with van der Waals surface area (Å²) < 4.78 is 20.5. The molecule has 0 spiro atoms. The van der Waals surface area contributed by atoms with Gasteiger partial charge in [0.15, 0.2) is 0 Å². The molecule has 4 heteroatoms. The smallest absolute Gasteiger partial charge is 0.147 e. The summed E-state index contributed by atoms with van der Waals surface area (Å²) in [5.74, 6) is 3.15. The number of rotatable bonds is 2. The van der Waals surface area contributed by atoms with Gasteiger partial charge < -0.3 is 0 Å². The molecule has 0 saturated carbocycles. The van der Waals surface area contributed by atoms with E-state index in [4.69, 9.17) is 0 Å². The first-order chi connectivity index (χ1) is 5.56.